The monoisotopic (exact) mass is 214 g/mol. The fraction of sp³-hybridized carbons (Fsp3) is 0.556. The largest absolute Gasteiger partial charge is 0.480 e. The van der Waals surface area contributed by atoms with Crippen LogP contribution < -0.4 is 5.56 Å². The molecule has 0 aromatic carbocycles. The molecular formula is C9H14N2O4. The number of nitrogens with zero attached hydrogens (tertiary/aromatic N) is 1. The smallest absolute Gasteiger partial charge is 0.321 e. The van der Waals surface area contributed by atoms with Crippen LogP contribution in [0.3, 0.4) is 0 Å². The van der Waals surface area contributed by atoms with E-state index in [-0.39, 0.29) is 12.0 Å². The molecule has 0 radical (unpaired) electrons. The molecule has 0 aliphatic heterocycles. The van der Waals surface area contributed by atoms with Crippen molar-refractivity contribution in [3.8, 4) is 0 Å². The Morgan fingerprint density at radius 1 is 1.60 bits per heavy atom. The lowest BCUT2D eigenvalue weighted by atomic mass is 10.1. The van der Waals surface area contributed by atoms with Crippen LogP contribution in [-0.4, -0.2) is 41.3 Å². The second-order valence-corrected chi connectivity index (χ2v) is 3.59. The lowest BCUT2D eigenvalue weighted by Gasteiger charge is -2.18. The summed E-state index contributed by atoms with van der Waals surface area (Å²) < 4.78 is 4.81. The fourth-order valence-electron chi connectivity index (χ4n) is 1.33. The van der Waals surface area contributed by atoms with Crippen LogP contribution in [0.5, 0.6) is 0 Å². The molecule has 6 nitrogen and oxygen atoms in total. The normalized spacial score (nSPS) is 13.1. The molecule has 0 amide bonds. The van der Waals surface area contributed by atoms with Crippen LogP contribution in [0.15, 0.2) is 9.32 Å². The number of aromatic nitrogens is 1. The van der Waals surface area contributed by atoms with Gasteiger partial charge in [-0.25, -0.2) is 0 Å². The minimum Gasteiger partial charge on any atom is -0.480 e. The van der Waals surface area contributed by atoms with Crippen molar-refractivity contribution < 1.29 is 14.4 Å². The molecule has 0 saturated heterocycles. The van der Waals surface area contributed by atoms with E-state index in [0.717, 1.165) is 0 Å². The van der Waals surface area contributed by atoms with E-state index in [0.29, 0.717) is 11.3 Å². The molecule has 1 heterocycles. The Morgan fingerprint density at radius 3 is 2.53 bits per heavy atom. The summed E-state index contributed by atoms with van der Waals surface area (Å²) in [6.45, 7) is 1.63. The van der Waals surface area contributed by atoms with E-state index >= 15 is 0 Å². The van der Waals surface area contributed by atoms with Gasteiger partial charge in [0.1, 0.15) is 11.8 Å². The summed E-state index contributed by atoms with van der Waals surface area (Å²) >= 11 is 0. The topological polar surface area (TPSA) is 86.5 Å². The van der Waals surface area contributed by atoms with Crippen molar-refractivity contribution in [2.45, 2.75) is 19.4 Å². The molecule has 0 fully saturated rings. The first-order valence-corrected chi connectivity index (χ1v) is 4.49. The van der Waals surface area contributed by atoms with Crippen LogP contribution in [0.1, 0.15) is 11.3 Å². The van der Waals surface area contributed by atoms with E-state index in [1.54, 1.807) is 25.9 Å². The molecular weight excluding hydrogens is 200 g/mol. The van der Waals surface area contributed by atoms with Crippen LogP contribution in [0.25, 0.3) is 0 Å². The highest BCUT2D eigenvalue weighted by Gasteiger charge is 2.23. The first-order valence-electron chi connectivity index (χ1n) is 4.49. The maximum absolute atomic E-state index is 11.3. The second-order valence-electron chi connectivity index (χ2n) is 3.59. The molecule has 15 heavy (non-hydrogen) atoms. The Labute approximate surface area is 86.5 Å². The second kappa shape index (κ2) is 4.31. The summed E-state index contributed by atoms with van der Waals surface area (Å²) in [7, 11) is 3.31. The molecule has 0 spiro atoms. The summed E-state index contributed by atoms with van der Waals surface area (Å²) in [5.74, 6) is -0.520. The molecule has 0 unspecified atom stereocenters. The minimum absolute atomic E-state index is 0.139. The molecule has 0 aliphatic rings. The molecule has 1 aromatic heterocycles. The van der Waals surface area contributed by atoms with Crippen molar-refractivity contribution in [2.24, 2.45) is 0 Å². The summed E-state index contributed by atoms with van der Waals surface area (Å²) in [5, 5.41) is 11.1. The maximum Gasteiger partial charge on any atom is 0.321 e. The number of likely N-dealkylation sites (N-methyl/N-ethyl adjacent to an activating group) is 1. The molecule has 84 valence electrons. The van der Waals surface area contributed by atoms with E-state index in [1.165, 1.54) is 0 Å². The molecule has 6 heteroatoms. The zero-order valence-corrected chi connectivity index (χ0v) is 8.90. The van der Waals surface area contributed by atoms with E-state index in [2.05, 4.69) is 5.16 Å². The highest BCUT2D eigenvalue weighted by molar-refractivity contribution is 5.73. The zero-order valence-electron chi connectivity index (χ0n) is 8.90. The minimum atomic E-state index is -0.958. The lowest BCUT2D eigenvalue weighted by Crippen LogP contribution is -2.38. The third-order valence-corrected chi connectivity index (χ3v) is 2.30. The predicted octanol–water partition coefficient (Wildman–Crippen LogP) is -0.166. The van der Waals surface area contributed by atoms with Gasteiger partial charge in [0.15, 0.2) is 0 Å². The quantitative estimate of drug-likeness (QED) is 0.726. The number of carboxylic acids is 1. The molecule has 1 aromatic rings. The van der Waals surface area contributed by atoms with Crippen molar-refractivity contribution in [2.75, 3.05) is 14.1 Å². The van der Waals surface area contributed by atoms with Crippen molar-refractivity contribution in [3.05, 3.63) is 21.7 Å². The van der Waals surface area contributed by atoms with Gasteiger partial charge in [-0.15, -0.1) is 0 Å². The van der Waals surface area contributed by atoms with Gasteiger partial charge in [-0.05, 0) is 21.0 Å². The molecule has 0 bridgehead atoms. The number of carbonyl (C=O) groups is 1. The fourth-order valence-corrected chi connectivity index (χ4v) is 1.33. The van der Waals surface area contributed by atoms with Crippen LogP contribution in [0.4, 0.5) is 0 Å². The van der Waals surface area contributed by atoms with Gasteiger partial charge in [-0.1, -0.05) is 0 Å². The Morgan fingerprint density at radius 2 is 2.20 bits per heavy atom. The van der Waals surface area contributed by atoms with E-state index < -0.39 is 12.0 Å². The average molecular weight is 214 g/mol. The average Bonchev–Trinajstić information content (AvgIpc) is 2.42. The highest BCUT2D eigenvalue weighted by atomic mass is 16.5. The highest BCUT2D eigenvalue weighted by Crippen LogP contribution is 2.07. The van der Waals surface area contributed by atoms with Gasteiger partial charge in [-0.3, -0.25) is 14.5 Å². The zero-order chi connectivity index (χ0) is 11.6. The van der Waals surface area contributed by atoms with Crippen molar-refractivity contribution in [3.63, 3.8) is 0 Å². The molecule has 0 saturated carbocycles. The number of H-pyrrole nitrogens is 1. The SMILES string of the molecule is Cc1o[nH]c(=O)c1C[C@@H](C(=O)O)N(C)C. The van der Waals surface area contributed by atoms with Gasteiger partial charge < -0.3 is 9.63 Å². The molecule has 0 aliphatic carbocycles. The van der Waals surface area contributed by atoms with Crippen LogP contribution in [-0.2, 0) is 11.2 Å². The van der Waals surface area contributed by atoms with Gasteiger partial charge in [-0.2, -0.15) is 5.16 Å². The first kappa shape index (κ1) is 11.5. The molecule has 2 N–H and O–H groups in total. The summed E-state index contributed by atoms with van der Waals surface area (Å²) in [6, 6.07) is -0.720. The Bertz CT molecular complexity index is 404. The Kier molecular flexibility index (Phi) is 3.31. The molecule has 1 rings (SSSR count). The van der Waals surface area contributed by atoms with Crippen LogP contribution >= 0.6 is 0 Å². The lowest BCUT2D eigenvalue weighted by molar-refractivity contribution is -0.142. The van der Waals surface area contributed by atoms with Gasteiger partial charge in [0, 0.05) is 6.42 Å². The summed E-state index contributed by atoms with van der Waals surface area (Å²) in [4.78, 5) is 23.7. The predicted molar refractivity (Wildman–Crippen MR) is 52.9 cm³/mol. The van der Waals surface area contributed by atoms with E-state index in [4.69, 9.17) is 9.63 Å². The summed E-state index contributed by atoms with van der Waals surface area (Å²) in [6.07, 6.45) is 0.139. The van der Waals surface area contributed by atoms with Crippen molar-refractivity contribution in [1.82, 2.24) is 10.1 Å². The number of hydrogen-bond acceptors (Lipinski definition) is 4. The standard InChI is InChI=1S/C9H14N2O4/c1-5-6(8(12)10-15-5)4-7(9(13)14)11(2)3/h7H,4H2,1-3H3,(H,10,12)(H,13,14)/t7-/m0/s1. The summed E-state index contributed by atoms with van der Waals surface area (Å²) in [5.41, 5.74) is 0.0247. The van der Waals surface area contributed by atoms with Gasteiger partial charge in [0.2, 0.25) is 0 Å². The number of aromatic amines is 1. The van der Waals surface area contributed by atoms with Crippen LogP contribution in [0, 0.1) is 6.92 Å². The van der Waals surface area contributed by atoms with Gasteiger partial charge in [0.25, 0.3) is 5.56 Å². The number of nitrogens with one attached hydrogen (secondary N) is 1. The Hall–Kier alpha value is -1.56. The van der Waals surface area contributed by atoms with E-state index in [1.807, 2.05) is 0 Å². The molecule has 1 atom stereocenters. The first-order chi connectivity index (χ1) is 6.93. The van der Waals surface area contributed by atoms with E-state index in [9.17, 15) is 9.59 Å². The van der Waals surface area contributed by atoms with Crippen molar-refractivity contribution in [1.29, 1.82) is 0 Å². The third kappa shape index (κ3) is 2.47. The number of aryl methyl sites for hydroxylation is 1. The van der Waals surface area contributed by atoms with Crippen LogP contribution in [0.2, 0.25) is 0 Å². The maximum atomic E-state index is 11.3. The van der Waals surface area contributed by atoms with Gasteiger partial charge in [0.05, 0.1) is 5.56 Å². The number of rotatable bonds is 4. The van der Waals surface area contributed by atoms with Crippen molar-refractivity contribution >= 4 is 5.97 Å². The third-order valence-electron chi connectivity index (χ3n) is 2.30. The number of carboxylic acid groups (broad SMARTS) is 1. The number of hydrogen-bond donors (Lipinski definition) is 2. The van der Waals surface area contributed by atoms with Gasteiger partial charge >= 0.3 is 5.97 Å². The number of aliphatic carboxylic acids is 1. The Balaban J connectivity index is 2.93.